The van der Waals surface area contributed by atoms with Gasteiger partial charge in [0.2, 0.25) is 0 Å². The lowest BCUT2D eigenvalue weighted by atomic mass is 9.85. The Labute approximate surface area is 230 Å². The van der Waals surface area contributed by atoms with Crippen LogP contribution in [0, 0.1) is 5.92 Å². The number of carbonyl (C=O) groups excluding carboxylic acids is 1. The van der Waals surface area contributed by atoms with E-state index in [1.54, 1.807) is 6.20 Å². The van der Waals surface area contributed by atoms with E-state index in [-0.39, 0.29) is 5.92 Å². The molecule has 2 aromatic rings. The minimum atomic E-state index is -0.414. The van der Waals surface area contributed by atoms with Gasteiger partial charge >= 0.3 is 0 Å². The molecule has 1 heterocycles. The molecule has 206 valence electrons. The van der Waals surface area contributed by atoms with Crippen molar-refractivity contribution in [1.82, 2.24) is 4.90 Å². The van der Waals surface area contributed by atoms with Gasteiger partial charge in [0, 0.05) is 25.8 Å². The average molecular weight is 518 g/mol. The Balaban J connectivity index is 2.29. The molecule has 1 saturated heterocycles. The summed E-state index contributed by atoms with van der Waals surface area (Å²) in [4.78, 5) is 22.3. The largest absolute Gasteiger partial charge is 0.370 e. The van der Waals surface area contributed by atoms with Gasteiger partial charge in [-0.15, -0.1) is 0 Å². The Morgan fingerprint density at radius 1 is 1.32 bits per heavy atom. The second-order valence-electron chi connectivity index (χ2n) is 10.8. The number of amides is 1. The van der Waals surface area contributed by atoms with Crippen molar-refractivity contribution in [3.05, 3.63) is 53.7 Å². The number of aryl methyl sites for hydroxylation is 1. The number of primary amides is 1. The fourth-order valence-corrected chi connectivity index (χ4v) is 5.68. The molecule has 1 aliphatic heterocycles. The van der Waals surface area contributed by atoms with Gasteiger partial charge in [-0.25, -0.2) is 0 Å². The van der Waals surface area contributed by atoms with Gasteiger partial charge in [0.25, 0.3) is 5.91 Å². The molecule has 3 N–H and O–H groups in total. The summed E-state index contributed by atoms with van der Waals surface area (Å²) in [7, 11) is 4.23. The predicted molar refractivity (Wildman–Crippen MR) is 164 cm³/mol. The van der Waals surface area contributed by atoms with E-state index in [1.807, 2.05) is 13.1 Å². The van der Waals surface area contributed by atoms with E-state index in [2.05, 4.69) is 80.8 Å². The van der Waals surface area contributed by atoms with Crippen molar-refractivity contribution in [1.29, 1.82) is 0 Å². The molecule has 0 radical (unpaired) electrons. The highest BCUT2D eigenvalue weighted by Crippen LogP contribution is 2.45. The molecule has 2 aromatic carbocycles. The summed E-state index contributed by atoms with van der Waals surface area (Å²) < 4.78 is 0. The van der Waals surface area contributed by atoms with Crippen molar-refractivity contribution in [3.63, 3.8) is 0 Å². The number of aliphatic imine (C=N–C) groups is 1. The first-order valence-electron chi connectivity index (χ1n) is 14.1. The number of rotatable bonds is 13. The Bertz CT molecular complexity index is 1150. The molecule has 6 heteroatoms. The lowest BCUT2D eigenvalue weighted by Gasteiger charge is -2.29. The highest BCUT2D eigenvalue weighted by atomic mass is 16.1. The topological polar surface area (TPSA) is 74.0 Å². The lowest BCUT2D eigenvalue weighted by molar-refractivity contribution is 0.100. The molecule has 1 amide bonds. The number of benzene rings is 2. The van der Waals surface area contributed by atoms with Gasteiger partial charge < -0.3 is 20.9 Å². The first-order chi connectivity index (χ1) is 18.2. The molecule has 3 rings (SSSR count). The zero-order valence-corrected chi connectivity index (χ0v) is 24.3. The fourth-order valence-electron chi connectivity index (χ4n) is 5.68. The number of unbranched alkanes of at least 4 members (excludes halogenated alkanes) is 1. The summed E-state index contributed by atoms with van der Waals surface area (Å²) >= 11 is 0. The van der Waals surface area contributed by atoms with Crippen LogP contribution >= 0.6 is 0 Å². The molecule has 1 fully saturated rings. The van der Waals surface area contributed by atoms with Crippen LogP contribution in [-0.4, -0.2) is 50.8 Å². The van der Waals surface area contributed by atoms with Crippen molar-refractivity contribution < 1.29 is 4.79 Å². The summed E-state index contributed by atoms with van der Waals surface area (Å²) in [6.07, 6.45) is 8.83. The number of carbonyl (C=O) groups is 1. The highest BCUT2D eigenvalue weighted by molar-refractivity contribution is 6.07. The van der Waals surface area contributed by atoms with E-state index in [9.17, 15) is 4.79 Å². The molecule has 6 nitrogen and oxygen atoms in total. The van der Waals surface area contributed by atoms with E-state index < -0.39 is 5.91 Å². The third-order valence-electron chi connectivity index (χ3n) is 7.66. The standard InChI is InChI=1S/C32H47N5O/c1-8-12-13-24-14-15-25(18-27(24)34-10-3)26-19-28(37-17-16-23(21-37)20-36(6)7)30(32(33)38)31(35-11-4)29(26)22(5)9-2/h10-11,14-15,18-19,22-23,35H,4,8-9,12-13,16-17,20-21H2,1-3,5-7H3,(H2,33,38). The molecular formula is C32H47N5O. The van der Waals surface area contributed by atoms with Gasteiger partial charge in [0.1, 0.15) is 0 Å². The number of hydrogen-bond acceptors (Lipinski definition) is 5. The third kappa shape index (κ3) is 6.65. The Kier molecular flexibility index (Phi) is 10.5. The van der Waals surface area contributed by atoms with Gasteiger partial charge in [0.05, 0.1) is 22.6 Å². The minimum absolute atomic E-state index is 0.206. The molecule has 0 spiro atoms. The molecule has 0 aliphatic carbocycles. The van der Waals surface area contributed by atoms with Crippen LogP contribution in [0.5, 0.6) is 0 Å². The van der Waals surface area contributed by atoms with Crippen LogP contribution < -0.4 is 16.0 Å². The maximum absolute atomic E-state index is 13.0. The van der Waals surface area contributed by atoms with Crippen LogP contribution in [0.25, 0.3) is 11.1 Å². The smallest absolute Gasteiger partial charge is 0.252 e. The zero-order valence-electron chi connectivity index (χ0n) is 24.3. The maximum atomic E-state index is 13.0. The van der Waals surface area contributed by atoms with Crippen LogP contribution in [0.15, 0.2) is 42.0 Å². The van der Waals surface area contributed by atoms with Gasteiger partial charge in [-0.1, -0.05) is 45.9 Å². The summed E-state index contributed by atoms with van der Waals surface area (Å²) in [6, 6.07) is 8.84. The van der Waals surface area contributed by atoms with E-state index in [0.29, 0.717) is 11.5 Å². The second kappa shape index (κ2) is 13.6. The maximum Gasteiger partial charge on any atom is 0.252 e. The van der Waals surface area contributed by atoms with Gasteiger partial charge in [-0.2, -0.15) is 0 Å². The number of nitrogens with zero attached hydrogens (tertiary/aromatic N) is 3. The Morgan fingerprint density at radius 3 is 2.68 bits per heavy atom. The van der Waals surface area contributed by atoms with Crippen molar-refractivity contribution in [2.75, 3.05) is 43.9 Å². The summed E-state index contributed by atoms with van der Waals surface area (Å²) in [5.41, 5.74) is 13.9. The molecule has 0 saturated carbocycles. The van der Waals surface area contributed by atoms with Crippen LogP contribution in [0.1, 0.15) is 80.8 Å². The van der Waals surface area contributed by atoms with Gasteiger partial charge in [-0.05, 0) is 99.1 Å². The normalized spacial score (nSPS) is 16.4. The number of nitrogens with two attached hydrogens (primary N) is 1. The van der Waals surface area contributed by atoms with E-state index >= 15 is 0 Å². The summed E-state index contributed by atoms with van der Waals surface area (Å²) in [6.45, 7) is 15.3. The molecule has 0 bridgehead atoms. The molecule has 38 heavy (non-hydrogen) atoms. The third-order valence-corrected chi connectivity index (χ3v) is 7.66. The SMILES string of the molecule is C=CNc1c(C(N)=O)c(N2CCC(CN(C)C)C2)cc(-c2ccc(CCCC)c(N=CC)c2)c1C(C)CC. The van der Waals surface area contributed by atoms with Crippen LogP contribution in [0.4, 0.5) is 17.1 Å². The predicted octanol–water partition coefficient (Wildman–Crippen LogP) is 6.97. The second-order valence-corrected chi connectivity index (χ2v) is 10.8. The van der Waals surface area contributed by atoms with Crippen LogP contribution in [0.3, 0.4) is 0 Å². The number of anilines is 2. The Morgan fingerprint density at radius 2 is 2.08 bits per heavy atom. The number of nitrogens with one attached hydrogen (secondary N) is 1. The summed E-state index contributed by atoms with van der Waals surface area (Å²) in [5, 5.41) is 3.34. The van der Waals surface area contributed by atoms with Gasteiger partial charge in [0.15, 0.2) is 0 Å². The molecular weight excluding hydrogens is 470 g/mol. The number of hydrogen-bond donors (Lipinski definition) is 2. The molecule has 2 atom stereocenters. The first-order valence-corrected chi connectivity index (χ1v) is 14.1. The van der Waals surface area contributed by atoms with Crippen molar-refractivity contribution in [2.45, 2.75) is 65.7 Å². The molecule has 2 unspecified atom stereocenters. The highest BCUT2D eigenvalue weighted by Gasteiger charge is 2.31. The van der Waals surface area contributed by atoms with E-state index in [4.69, 9.17) is 10.7 Å². The fraction of sp³-hybridized carbons (Fsp3) is 0.500. The molecule has 1 aliphatic rings. The zero-order chi connectivity index (χ0) is 27.8. The van der Waals surface area contributed by atoms with Crippen molar-refractivity contribution in [3.8, 4) is 11.1 Å². The van der Waals surface area contributed by atoms with E-state index in [1.165, 1.54) is 5.56 Å². The van der Waals surface area contributed by atoms with Crippen LogP contribution in [0.2, 0.25) is 0 Å². The monoisotopic (exact) mass is 517 g/mol. The van der Waals surface area contributed by atoms with Crippen molar-refractivity contribution in [2.24, 2.45) is 16.6 Å². The average Bonchev–Trinajstić information content (AvgIpc) is 3.34. The lowest BCUT2D eigenvalue weighted by Crippen LogP contribution is -2.28. The summed E-state index contributed by atoms with van der Waals surface area (Å²) in [5.74, 6) is 0.336. The van der Waals surface area contributed by atoms with Crippen molar-refractivity contribution >= 4 is 29.2 Å². The minimum Gasteiger partial charge on any atom is -0.370 e. The Hall–Kier alpha value is -3.12. The quantitative estimate of drug-likeness (QED) is 0.281. The van der Waals surface area contributed by atoms with Crippen LogP contribution in [-0.2, 0) is 6.42 Å². The molecule has 0 aromatic heterocycles. The van der Waals surface area contributed by atoms with E-state index in [0.717, 1.165) is 85.5 Å². The first kappa shape index (κ1) is 29.4. The van der Waals surface area contributed by atoms with Gasteiger partial charge in [-0.3, -0.25) is 9.79 Å².